The SMILES string of the molecule is Cc1ccc2nc(-c3ccc(N4CCCC4)cc3)c(CN(C)C(=O)CC(C)C)n2c1. The van der Waals surface area contributed by atoms with Gasteiger partial charge in [0.05, 0.1) is 17.9 Å². The minimum absolute atomic E-state index is 0.169. The van der Waals surface area contributed by atoms with E-state index >= 15 is 0 Å². The van der Waals surface area contributed by atoms with Gasteiger partial charge >= 0.3 is 0 Å². The minimum Gasteiger partial charge on any atom is -0.372 e. The molecule has 158 valence electrons. The highest BCUT2D eigenvalue weighted by atomic mass is 16.2. The fourth-order valence-corrected chi connectivity index (χ4v) is 4.21. The number of pyridine rings is 1. The van der Waals surface area contributed by atoms with Gasteiger partial charge in [0.25, 0.3) is 0 Å². The molecule has 1 aliphatic rings. The molecule has 0 atom stereocenters. The van der Waals surface area contributed by atoms with Gasteiger partial charge < -0.3 is 14.2 Å². The average molecular weight is 405 g/mol. The molecule has 1 aromatic carbocycles. The van der Waals surface area contributed by atoms with Gasteiger partial charge in [0, 0.05) is 44.0 Å². The molecular formula is C25H32N4O. The summed E-state index contributed by atoms with van der Waals surface area (Å²) in [7, 11) is 1.89. The zero-order chi connectivity index (χ0) is 21.3. The van der Waals surface area contributed by atoms with Crippen molar-refractivity contribution in [3.8, 4) is 11.3 Å². The van der Waals surface area contributed by atoms with E-state index in [2.05, 4.69) is 72.7 Å². The minimum atomic E-state index is 0.169. The van der Waals surface area contributed by atoms with Crippen molar-refractivity contribution in [1.29, 1.82) is 0 Å². The van der Waals surface area contributed by atoms with Gasteiger partial charge in [0.2, 0.25) is 5.91 Å². The summed E-state index contributed by atoms with van der Waals surface area (Å²) in [5.74, 6) is 0.518. The summed E-state index contributed by atoms with van der Waals surface area (Å²) < 4.78 is 2.14. The Hall–Kier alpha value is -2.82. The van der Waals surface area contributed by atoms with E-state index in [1.165, 1.54) is 24.1 Å². The van der Waals surface area contributed by atoms with Gasteiger partial charge in [-0.2, -0.15) is 0 Å². The largest absolute Gasteiger partial charge is 0.372 e. The summed E-state index contributed by atoms with van der Waals surface area (Å²) >= 11 is 0. The van der Waals surface area contributed by atoms with Crippen molar-refractivity contribution in [2.75, 3.05) is 25.0 Å². The second-order valence-corrected chi connectivity index (χ2v) is 8.93. The van der Waals surface area contributed by atoms with Crippen molar-refractivity contribution >= 4 is 17.2 Å². The van der Waals surface area contributed by atoms with Crippen molar-refractivity contribution in [1.82, 2.24) is 14.3 Å². The topological polar surface area (TPSA) is 40.9 Å². The molecule has 0 spiro atoms. The Morgan fingerprint density at radius 2 is 1.80 bits per heavy atom. The van der Waals surface area contributed by atoms with E-state index in [1.54, 1.807) is 0 Å². The Bertz CT molecular complexity index is 1030. The summed E-state index contributed by atoms with van der Waals surface area (Å²) in [4.78, 5) is 21.8. The molecule has 3 aromatic rings. The van der Waals surface area contributed by atoms with Gasteiger partial charge in [0.1, 0.15) is 5.65 Å². The Morgan fingerprint density at radius 3 is 2.47 bits per heavy atom. The molecule has 1 saturated heterocycles. The Balaban J connectivity index is 1.70. The number of carbonyl (C=O) groups is 1. The number of nitrogens with zero attached hydrogens (tertiary/aromatic N) is 4. The molecule has 1 aliphatic heterocycles. The van der Waals surface area contributed by atoms with Crippen LogP contribution in [0.3, 0.4) is 0 Å². The van der Waals surface area contributed by atoms with Crippen molar-refractivity contribution in [3.05, 3.63) is 53.9 Å². The number of hydrogen-bond donors (Lipinski definition) is 0. The standard InChI is InChI=1S/C25H32N4O/c1-18(2)15-24(30)27(4)17-22-25(26-23-12-7-19(3)16-29(22)23)20-8-10-21(11-9-20)28-13-5-6-14-28/h7-12,16,18H,5-6,13-15,17H2,1-4H3. The lowest BCUT2D eigenvalue weighted by molar-refractivity contribution is -0.131. The summed E-state index contributed by atoms with van der Waals surface area (Å²) in [5, 5.41) is 0. The van der Waals surface area contributed by atoms with Gasteiger partial charge in [-0.3, -0.25) is 4.79 Å². The number of fused-ring (bicyclic) bond motifs is 1. The maximum atomic E-state index is 12.6. The maximum Gasteiger partial charge on any atom is 0.222 e. The third-order valence-corrected chi connectivity index (χ3v) is 5.87. The van der Waals surface area contributed by atoms with Crippen molar-refractivity contribution in [2.24, 2.45) is 5.92 Å². The number of imidazole rings is 1. The van der Waals surface area contributed by atoms with E-state index < -0.39 is 0 Å². The molecule has 0 bridgehead atoms. The van der Waals surface area contributed by atoms with Crippen molar-refractivity contribution in [3.63, 3.8) is 0 Å². The van der Waals surface area contributed by atoms with Crippen LogP contribution in [0.4, 0.5) is 5.69 Å². The summed E-state index contributed by atoms with van der Waals surface area (Å²) in [6, 6.07) is 12.9. The third kappa shape index (κ3) is 4.20. The molecule has 5 heteroatoms. The second kappa shape index (κ2) is 8.50. The van der Waals surface area contributed by atoms with E-state index in [4.69, 9.17) is 4.98 Å². The van der Waals surface area contributed by atoms with E-state index in [-0.39, 0.29) is 5.91 Å². The van der Waals surface area contributed by atoms with Crippen LogP contribution in [0.2, 0.25) is 0 Å². The highest BCUT2D eigenvalue weighted by Crippen LogP contribution is 2.29. The predicted molar refractivity (Wildman–Crippen MR) is 123 cm³/mol. The first-order valence-electron chi connectivity index (χ1n) is 11.0. The predicted octanol–water partition coefficient (Wildman–Crippen LogP) is 4.91. The number of benzene rings is 1. The molecule has 0 N–H and O–H groups in total. The zero-order valence-electron chi connectivity index (χ0n) is 18.6. The smallest absolute Gasteiger partial charge is 0.222 e. The maximum absolute atomic E-state index is 12.6. The Kier molecular flexibility index (Phi) is 5.80. The Morgan fingerprint density at radius 1 is 1.10 bits per heavy atom. The highest BCUT2D eigenvalue weighted by Gasteiger charge is 2.19. The lowest BCUT2D eigenvalue weighted by Crippen LogP contribution is -2.28. The number of anilines is 1. The van der Waals surface area contributed by atoms with E-state index in [0.717, 1.165) is 35.7 Å². The molecule has 0 aliphatic carbocycles. The number of aromatic nitrogens is 2. The number of hydrogen-bond acceptors (Lipinski definition) is 3. The first-order valence-corrected chi connectivity index (χ1v) is 11.0. The van der Waals surface area contributed by atoms with Crippen LogP contribution >= 0.6 is 0 Å². The Labute approximate surface area is 179 Å². The normalized spacial score (nSPS) is 14.1. The van der Waals surface area contributed by atoms with E-state index in [1.807, 2.05) is 11.9 Å². The molecule has 2 aromatic heterocycles. The molecule has 5 nitrogen and oxygen atoms in total. The molecular weight excluding hydrogens is 372 g/mol. The molecule has 4 rings (SSSR count). The lowest BCUT2D eigenvalue weighted by atomic mass is 10.1. The van der Waals surface area contributed by atoms with Crippen LogP contribution in [0.1, 0.15) is 44.4 Å². The van der Waals surface area contributed by atoms with Gasteiger partial charge in [-0.1, -0.05) is 32.0 Å². The van der Waals surface area contributed by atoms with E-state index in [0.29, 0.717) is 18.9 Å². The monoisotopic (exact) mass is 404 g/mol. The van der Waals surface area contributed by atoms with Crippen LogP contribution in [0.5, 0.6) is 0 Å². The fraction of sp³-hybridized carbons (Fsp3) is 0.440. The van der Waals surface area contributed by atoms with Crippen LogP contribution in [-0.4, -0.2) is 40.3 Å². The molecule has 3 heterocycles. The van der Waals surface area contributed by atoms with Crippen LogP contribution in [0.25, 0.3) is 16.9 Å². The first-order chi connectivity index (χ1) is 14.4. The second-order valence-electron chi connectivity index (χ2n) is 8.93. The van der Waals surface area contributed by atoms with E-state index in [9.17, 15) is 4.79 Å². The van der Waals surface area contributed by atoms with Gasteiger partial charge in [-0.15, -0.1) is 0 Å². The van der Waals surface area contributed by atoms with Crippen LogP contribution in [0, 0.1) is 12.8 Å². The van der Waals surface area contributed by atoms with Gasteiger partial charge in [-0.05, 0) is 49.4 Å². The number of aryl methyl sites for hydroxylation is 1. The quantitative estimate of drug-likeness (QED) is 0.586. The number of carbonyl (C=O) groups excluding carboxylic acids is 1. The van der Waals surface area contributed by atoms with Crippen molar-refractivity contribution < 1.29 is 4.79 Å². The summed E-state index contributed by atoms with van der Waals surface area (Å²) in [6.07, 6.45) is 5.22. The number of amides is 1. The summed E-state index contributed by atoms with van der Waals surface area (Å²) in [6.45, 7) is 9.07. The van der Waals surface area contributed by atoms with Crippen LogP contribution < -0.4 is 4.90 Å². The molecule has 0 radical (unpaired) electrons. The third-order valence-electron chi connectivity index (χ3n) is 5.87. The number of rotatable bonds is 6. The molecule has 1 fully saturated rings. The highest BCUT2D eigenvalue weighted by molar-refractivity contribution is 5.77. The van der Waals surface area contributed by atoms with Crippen LogP contribution in [0.15, 0.2) is 42.6 Å². The van der Waals surface area contributed by atoms with Crippen LogP contribution in [-0.2, 0) is 11.3 Å². The molecule has 0 unspecified atom stereocenters. The average Bonchev–Trinajstić information content (AvgIpc) is 3.36. The molecule has 0 saturated carbocycles. The fourth-order valence-electron chi connectivity index (χ4n) is 4.21. The van der Waals surface area contributed by atoms with Gasteiger partial charge in [0.15, 0.2) is 0 Å². The molecule has 1 amide bonds. The first kappa shape index (κ1) is 20.5. The molecule has 30 heavy (non-hydrogen) atoms. The summed E-state index contributed by atoms with van der Waals surface area (Å²) in [5.41, 5.74) is 6.48. The van der Waals surface area contributed by atoms with Gasteiger partial charge in [-0.25, -0.2) is 4.98 Å². The van der Waals surface area contributed by atoms with Crippen molar-refractivity contribution in [2.45, 2.75) is 46.6 Å². The lowest BCUT2D eigenvalue weighted by Gasteiger charge is -2.20. The zero-order valence-corrected chi connectivity index (χ0v) is 18.6.